The molecule has 0 saturated heterocycles. The normalized spacial score (nSPS) is 13.5. The molecule has 7 nitrogen and oxygen atoms in total. The molecule has 3 aromatic heterocycles. The Morgan fingerprint density at radius 3 is 2.57 bits per heavy atom. The summed E-state index contributed by atoms with van der Waals surface area (Å²) in [6, 6.07) is 20.2. The van der Waals surface area contributed by atoms with E-state index in [1.807, 2.05) is 41.4 Å². The average molecular weight is 489 g/mol. The Balaban J connectivity index is 1.21. The molecule has 0 atom stereocenters. The molecule has 1 amide bonds. The van der Waals surface area contributed by atoms with Crippen molar-refractivity contribution in [1.82, 2.24) is 30.0 Å². The highest BCUT2D eigenvalue weighted by atomic mass is 16.2. The number of benzene rings is 2. The first-order valence-electron chi connectivity index (χ1n) is 12.5. The first-order valence-corrected chi connectivity index (χ1v) is 12.5. The quantitative estimate of drug-likeness (QED) is 0.358. The van der Waals surface area contributed by atoms with E-state index in [1.165, 1.54) is 5.56 Å². The second-order valence-electron chi connectivity index (χ2n) is 10.6. The first kappa shape index (κ1) is 23.0. The van der Waals surface area contributed by atoms with Gasteiger partial charge in [-0.3, -0.25) is 14.9 Å². The summed E-state index contributed by atoms with van der Waals surface area (Å²) in [7, 11) is 0. The Morgan fingerprint density at radius 2 is 1.76 bits per heavy atom. The van der Waals surface area contributed by atoms with Gasteiger partial charge in [-0.15, -0.1) is 0 Å². The summed E-state index contributed by atoms with van der Waals surface area (Å²) in [6.45, 7) is 7.62. The summed E-state index contributed by atoms with van der Waals surface area (Å²) in [5.74, 6) is 0.539. The van der Waals surface area contributed by atoms with Crippen molar-refractivity contribution in [2.45, 2.75) is 39.2 Å². The molecule has 1 aliphatic rings. The summed E-state index contributed by atoms with van der Waals surface area (Å²) >= 11 is 0. The zero-order valence-electron chi connectivity index (χ0n) is 21.2. The lowest BCUT2D eigenvalue weighted by Crippen LogP contribution is -2.36. The standard InChI is InChI=1S/C30H28N6O/c1-30(2,3)23-10-8-19(9-11-23)25-15-26(35-34-25)29(37)36-13-12-21-16-32-28(33-27(21)18-36)22-14-20-6-4-5-7-24(20)31-17-22/h4-11,14-17H,12-13,18H2,1-3H3,(H,34,35). The second kappa shape index (κ2) is 8.92. The number of nitrogens with zero attached hydrogens (tertiary/aromatic N) is 5. The van der Waals surface area contributed by atoms with E-state index >= 15 is 0 Å². The van der Waals surface area contributed by atoms with Crippen molar-refractivity contribution in [3.63, 3.8) is 0 Å². The lowest BCUT2D eigenvalue weighted by Gasteiger charge is -2.27. The van der Waals surface area contributed by atoms with Crippen molar-refractivity contribution in [3.05, 3.63) is 95.6 Å². The molecule has 184 valence electrons. The number of rotatable bonds is 3. The van der Waals surface area contributed by atoms with Crippen LogP contribution in [0, 0.1) is 0 Å². The van der Waals surface area contributed by atoms with Crippen molar-refractivity contribution in [2.75, 3.05) is 6.54 Å². The minimum absolute atomic E-state index is 0.0803. The average Bonchev–Trinajstić information content (AvgIpc) is 3.42. The van der Waals surface area contributed by atoms with Crippen LogP contribution in [0.4, 0.5) is 0 Å². The molecular formula is C30H28N6O. The molecule has 1 N–H and O–H groups in total. The molecule has 0 unspecified atom stereocenters. The molecule has 6 rings (SSSR count). The molecule has 0 bridgehead atoms. The zero-order valence-corrected chi connectivity index (χ0v) is 21.2. The highest BCUT2D eigenvalue weighted by molar-refractivity contribution is 5.93. The third kappa shape index (κ3) is 4.48. The predicted molar refractivity (Wildman–Crippen MR) is 144 cm³/mol. The molecule has 1 aliphatic heterocycles. The van der Waals surface area contributed by atoms with E-state index in [0.717, 1.165) is 39.0 Å². The largest absolute Gasteiger partial charge is 0.331 e. The number of H-pyrrole nitrogens is 1. The lowest BCUT2D eigenvalue weighted by molar-refractivity contribution is 0.0725. The van der Waals surface area contributed by atoms with Crippen LogP contribution in [-0.2, 0) is 18.4 Å². The van der Waals surface area contributed by atoms with Crippen molar-refractivity contribution >= 4 is 16.8 Å². The van der Waals surface area contributed by atoms with Crippen molar-refractivity contribution in [1.29, 1.82) is 0 Å². The van der Waals surface area contributed by atoms with E-state index in [2.05, 4.69) is 71.3 Å². The predicted octanol–water partition coefficient (Wildman–Crippen LogP) is 5.58. The van der Waals surface area contributed by atoms with Crippen molar-refractivity contribution < 1.29 is 4.79 Å². The van der Waals surface area contributed by atoms with E-state index in [4.69, 9.17) is 4.98 Å². The smallest absolute Gasteiger partial charge is 0.272 e. The minimum Gasteiger partial charge on any atom is -0.331 e. The number of amides is 1. The third-order valence-corrected chi connectivity index (χ3v) is 6.94. The van der Waals surface area contributed by atoms with Crippen LogP contribution >= 0.6 is 0 Å². The Labute approximate surface area is 215 Å². The maximum atomic E-state index is 13.3. The number of hydrogen-bond acceptors (Lipinski definition) is 5. The van der Waals surface area contributed by atoms with Crippen LogP contribution in [0.25, 0.3) is 33.5 Å². The molecule has 0 spiro atoms. The third-order valence-electron chi connectivity index (χ3n) is 6.94. The van der Waals surface area contributed by atoms with Gasteiger partial charge < -0.3 is 4.90 Å². The van der Waals surface area contributed by atoms with Crippen LogP contribution in [0.1, 0.15) is 48.1 Å². The molecule has 5 aromatic rings. The van der Waals surface area contributed by atoms with Gasteiger partial charge in [-0.1, -0.05) is 63.2 Å². The van der Waals surface area contributed by atoms with Gasteiger partial charge >= 0.3 is 0 Å². The minimum atomic E-state index is -0.0803. The Bertz CT molecular complexity index is 1610. The van der Waals surface area contributed by atoms with E-state index < -0.39 is 0 Å². The Morgan fingerprint density at radius 1 is 0.946 bits per heavy atom. The molecule has 4 heterocycles. The monoisotopic (exact) mass is 488 g/mol. The van der Waals surface area contributed by atoms with Gasteiger partial charge in [-0.25, -0.2) is 9.97 Å². The number of nitrogens with one attached hydrogen (secondary N) is 1. The van der Waals surface area contributed by atoms with Gasteiger partial charge in [-0.05, 0) is 41.2 Å². The number of para-hydroxylation sites is 1. The van der Waals surface area contributed by atoms with Crippen LogP contribution in [0.15, 0.2) is 73.1 Å². The highest BCUT2D eigenvalue weighted by Crippen LogP contribution is 2.27. The van der Waals surface area contributed by atoms with Gasteiger partial charge in [0.1, 0.15) is 5.69 Å². The van der Waals surface area contributed by atoms with Crippen LogP contribution < -0.4 is 0 Å². The van der Waals surface area contributed by atoms with Crippen LogP contribution in [0.5, 0.6) is 0 Å². The number of hydrogen-bond donors (Lipinski definition) is 1. The van der Waals surface area contributed by atoms with E-state index in [0.29, 0.717) is 31.0 Å². The van der Waals surface area contributed by atoms with Gasteiger partial charge in [0.15, 0.2) is 5.82 Å². The van der Waals surface area contributed by atoms with Crippen LogP contribution in [0.3, 0.4) is 0 Å². The summed E-state index contributed by atoms with van der Waals surface area (Å²) < 4.78 is 0. The molecular weight excluding hydrogens is 460 g/mol. The second-order valence-corrected chi connectivity index (χ2v) is 10.6. The summed E-state index contributed by atoms with van der Waals surface area (Å²) in [5.41, 5.74) is 7.31. The number of aromatic nitrogens is 5. The topological polar surface area (TPSA) is 87.7 Å². The number of fused-ring (bicyclic) bond motifs is 2. The van der Waals surface area contributed by atoms with Crippen LogP contribution in [0.2, 0.25) is 0 Å². The molecule has 0 saturated carbocycles. The van der Waals surface area contributed by atoms with Gasteiger partial charge in [-0.2, -0.15) is 5.10 Å². The number of pyridine rings is 1. The van der Waals surface area contributed by atoms with Crippen molar-refractivity contribution in [2.24, 2.45) is 0 Å². The van der Waals surface area contributed by atoms with Gasteiger partial charge in [0, 0.05) is 35.5 Å². The number of carbonyl (C=O) groups excluding carboxylic acids is 1. The fourth-order valence-corrected chi connectivity index (χ4v) is 4.70. The number of carbonyl (C=O) groups is 1. The molecule has 37 heavy (non-hydrogen) atoms. The van der Waals surface area contributed by atoms with E-state index in [-0.39, 0.29) is 11.3 Å². The number of aromatic amines is 1. The van der Waals surface area contributed by atoms with Crippen molar-refractivity contribution in [3.8, 4) is 22.6 Å². The maximum absolute atomic E-state index is 13.3. The molecule has 7 heteroatoms. The maximum Gasteiger partial charge on any atom is 0.272 e. The van der Waals surface area contributed by atoms with Gasteiger partial charge in [0.05, 0.1) is 23.4 Å². The van der Waals surface area contributed by atoms with E-state index in [1.54, 1.807) is 6.20 Å². The van der Waals surface area contributed by atoms with E-state index in [9.17, 15) is 4.79 Å². The SMILES string of the molecule is CC(C)(C)c1ccc(-c2cc(C(=O)N3CCc4cnc(-c5cnc6ccccc6c5)nc4C3)[nH]n2)cc1. The molecule has 0 aliphatic carbocycles. The zero-order chi connectivity index (χ0) is 25.6. The molecule has 2 aromatic carbocycles. The highest BCUT2D eigenvalue weighted by Gasteiger charge is 2.25. The fourth-order valence-electron chi connectivity index (χ4n) is 4.70. The summed E-state index contributed by atoms with van der Waals surface area (Å²) in [5, 5.41) is 8.40. The molecule has 0 radical (unpaired) electrons. The Hall–Kier alpha value is -4.39. The fraction of sp³-hybridized carbons (Fsp3) is 0.233. The first-order chi connectivity index (χ1) is 17.8. The molecule has 0 fully saturated rings. The van der Waals surface area contributed by atoms with Crippen LogP contribution in [-0.4, -0.2) is 42.5 Å². The Kier molecular flexibility index (Phi) is 5.56. The summed E-state index contributed by atoms with van der Waals surface area (Å²) in [6.07, 6.45) is 4.40. The lowest BCUT2D eigenvalue weighted by atomic mass is 9.86. The van der Waals surface area contributed by atoms with Gasteiger partial charge in [0.2, 0.25) is 0 Å². The van der Waals surface area contributed by atoms with Gasteiger partial charge in [0.25, 0.3) is 5.91 Å². The summed E-state index contributed by atoms with van der Waals surface area (Å²) in [4.78, 5) is 29.1.